The van der Waals surface area contributed by atoms with Crippen molar-refractivity contribution in [3.05, 3.63) is 29.3 Å². The SMILES string of the molecule is Cc1cc(C)cc(N(C)C(=O)CCC2CCNCC2)c1.Cl. The summed E-state index contributed by atoms with van der Waals surface area (Å²) < 4.78 is 0. The lowest BCUT2D eigenvalue weighted by atomic mass is 9.93. The molecule has 21 heavy (non-hydrogen) atoms. The van der Waals surface area contributed by atoms with E-state index < -0.39 is 0 Å². The molecule has 1 saturated heterocycles. The molecule has 0 atom stereocenters. The number of rotatable bonds is 4. The highest BCUT2D eigenvalue weighted by Gasteiger charge is 2.17. The van der Waals surface area contributed by atoms with Crippen molar-refractivity contribution < 1.29 is 4.79 Å². The number of anilines is 1. The van der Waals surface area contributed by atoms with E-state index in [0.717, 1.165) is 25.2 Å². The Morgan fingerprint density at radius 1 is 1.19 bits per heavy atom. The highest BCUT2D eigenvalue weighted by molar-refractivity contribution is 5.92. The number of nitrogens with zero attached hydrogens (tertiary/aromatic N) is 1. The van der Waals surface area contributed by atoms with Crippen molar-refractivity contribution in [1.29, 1.82) is 0 Å². The standard InChI is InChI=1S/C17H26N2O.ClH/c1-13-10-14(2)12-16(11-13)19(3)17(20)5-4-15-6-8-18-9-7-15;/h10-12,15,18H,4-9H2,1-3H3;1H. The lowest BCUT2D eigenvalue weighted by Gasteiger charge is -2.24. The monoisotopic (exact) mass is 310 g/mol. The van der Waals surface area contributed by atoms with Crippen molar-refractivity contribution >= 4 is 24.0 Å². The summed E-state index contributed by atoms with van der Waals surface area (Å²) in [5, 5.41) is 3.37. The van der Waals surface area contributed by atoms with Gasteiger partial charge >= 0.3 is 0 Å². The fraction of sp³-hybridized carbons (Fsp3) is 0.588. The van der Waals surface area contributed by atoms with Gasteiger partial charge in [-0.25, -0.2) is 0 Å². The first-order valence-electron chi connectivity index (χ1n) is 7.62. The van der Waals surface area contributed by atoms with E-state index in [2.05, 4.69) is 37.4 Å². The molecule has 1 aliphatic heterocycles. The van der Waals surface area contributed by atoms with Crippen LogP contribution in [0.1, 0.15) is 36.8 Å². The topological polar surface area (TPSA) is 32.3 Å². The van der Waals surface area contributed by atoms with E-state index in [4.69, 9.17) is 0 Å². The zero-order valence-corrected chi connectivity index (χ0v) is 14.1. The molecule has 1 amide bonds. The normalized spacial score (nSPS) is 15.4. The molecule has 1 N–H and O–H groups in total. The Morgan fingerprint density at radius 2 is 1.76 bits per heavy atom. The number of hydrogen-bond acceptors (Lipinski definition) is 2. The fourth-order valence-electron chi connectivity index (χ4n) is 2.95. The Bertz CT molecular complexity index is 450. The number of piperidine rings is 1. The molecule has 0 spiro atoms. The number of amides is 1. The van der Waals surface area contributed by atoms with Gasteiger partial charge < -0.3 is 10.2 Å². The molecule has 1 fully saturated rings. The molecule has 0 bridgehead atoms. The highest BCUT2D eigenvalue weighted by atomic mass is 35.5. The van der Waals surface area contributed by atoms with Gasteiger partial charge in [-0.05, 0) is 75.4 Å². The molecular weight excluding hydrogens is 284 g/mol. The van der Waals surface area contributed by atoms with E-state index >= 15 is 0 Å². The number of aryl methyl sites for hydroxylation is 2. The first kappa shape index (κ1) is 18.0. The van der Waals surface area contributed by atoms with E-state index in [1.807, 2.05) is 7.05 Å². The number of carbonyl (C=O) groups excluding carboxylic acids is 1. The first-order chi connectivity index (χ1) is 9.56. The van der Waals surface area contributed by atoms with Crippen molar-refractivity contribution in [3.8, 4) is 0 Å². The van der Waals surface area contributed by atoms with Crippen molar-refractivity contribution in [1.82, 2.24) is 5.32 Å². The molecule has 0 aliphatic carbocycles. The molecule has 1 aromatic carbocycles. The van der Waals surface area contributed by atoms with E-state index in [-0.39, 0.29) is 18.3 Å². The van der Waals surface area contributed by atoms with Gasteiger partial charge in [0.05, 0.1) is 0 Å². The summed E-state index contributed by atoms with van der Waals surface area (Å²) in [6.45, 7) is 6.35. The summed E-state index contributed by atoms with van der Waals surface area (Å²) in [7, 11) is 1.89. The van der Waals surface area contributed by atoms with Crippen LogP contribution in [0.15, 0.2) is 18.2 Å². The Balaban J connectivity index is 0.00000220. The van der Waals surface area contributed by atoms with Crippen molar-refractivity contribution in [2.75, 3.05) is 25.0 Å². The second-order valence-corrected chi connectivity index (χ2v) is 6.03. The molecule has 0 radical (unpaired) electrons. The molecular formula is C17H27ClN2O. The summed E-state index contributed by atoms with van der Waals surface area (Å²) in [5.74, 6) is 0.946. The number of hydrogen-bond donors (Lipinski definition) is 1. The summed E-state index contributed by atoms with van der Waals surface area (Å²) in [6.07, 6.45) is 4.10. The Morgan fingerprint density at radius 3 is 2.33 bits per heavy atom. The molecule has 4 heteroatoms. The van der Waals surface area contributed by atoms with Crippen molar-refractivity contribution in [2.24, 2.45) is 5.92 Å². The van der Waals surface area contributed by atoms with Gasteiger partial charge in [0, 0.05) is 19.2 Å². The van der Waals surface area contributed by atoms with Crippen LogP contribution >= 0.6 is 12.4 Å². The summed E-state index contributed by atoms with van der Waals surface area (Å²) in [4.78, 5) is 14.1. The van der Waals surface area contributed by atoms with Crippen LogP contribution in [0.25, 0.3) is 0 Å². The zero-order valence-electron chi connectivity index (χ0n) is 13.3. The van der Waals surface area contributed by atoms with E-state index in [0.29, 0.717) is 12.3 Å². The van der Waals surface area contributed by atoms with Gasteiger partial charge in [0.15, 0.2) is 0 Å². The maximum Gasteiger partial charge on any atom is 0.226 e. The van der Waals surface area contributed by atoms with E-state index in [1.54, 1.807) is 4.90 Å². The third kappa shape index (κ3) is 5.33. The van der Waals surface area contributed by atoms with Crippen LogP contribution in [0.3, 0.4) is 0 Å². The van der Waals surface area contributed by atoms with Crippen LogP contribution in [-0.2, 0) is 4.79 Å². The van der Waals surface area contributed by atoms with Crippen molar-refractivity contribution in [2.45, 2.75) is 39.5 Å². The molecule has 1 heterocycles. The minimum Gasteiger partial charge on any atom is -0.317 e. The number of carbonyl (C=O) groups is 1. The summed E-state index contributed by atoms with van der Waals surface area (Å²) in [6, 6.07) is 6.29. The third-order valence-electron chi connectivity index (χ3n) is 4.19. The van der Waals surface area contributed by atoms with Gasteiger partial charge in [0.1, 0.15) is 0 Å². The third-order valence-corrected chi connectivity index (χ3v) is 4.19. The van der Waals surface area contributed by atoms with Gasteiger partial charge in [-0.2, -0.15) is 0 Å². The van der Waals surface area contributed by atoms with Crippen LogP contribution in [0.2, 0.25) is 0 Å². The van der Waals surface area contributed by atoms with E-state index in [1.165, 1.54) is 24.0 Å². The smallest absolute Gasteiger partial charge is 0.226 e. The van der Waals surface area contributed by atoms with Gasteiger partial charge in [0.2, 0.25) is 5.91 Å². The maximum absolute atomic E-state index is 12.3. The maximum atomic E-state index is 12.3. The Labute approximate surface area is 134 Å². The zero-order chi connectivity index (χ0) is 14.5. The summed E-state index contributed by atoms with van der Waals surface area (Å²) >= 11 is 0. The molecule has 0 unspecified atom stereocenters. The predicted octanol–water partition coefficient (Wildman–Crippen LogP) is 3.47. The number of benzene rings is 1. The Hall–Kier alpha value is -1.06. The lowest BCUT2D eigenvalue weighted by molar-refractivity contribution is -0.118. The molecule has 118 valence electrons. The largest absolute Gasteiger partial charge is 0.317 e. The van der Waals surface area contributed by atoms with Crippen LogP contribution in [-0.4, -0.2) is 26.0 Å². The second kappa shape index (κ2) is 8.40. The van der Waals surface area contributed by atoms with Crippen molar-refractivity contribution in [3.63, 3.8) is 0 Å². The molecule has 1 aliphatic rings. The van der Waals surface area contributed by atoms with E-state index in [9.17, 15) is 4.79 Å². The molecule has 3 nitrogen and oxygen atoms in total. The quantitative estimate of drug-likeness (QED) is 0.923. The summed E-state index contributed by atoms with van der Waals surface area (Å²) in [5.41, 5.74) is 3.42. The van der Waals surface area contributed by atoms with Crippen LogP contribution in [0, 0.1) is 19.8 Å². The number of nitrogens with one attached hydrogen (secondary N) is 1. The highest BCUT2D eigenvalue weighted by Crippen LogP contribution is 2.21. The van der Waals surface area contributed by atoms with Crippen LogP contribution < -0.4 is 10.2 Å². The number of halogens is 1. The fourth-order valence-corrected chi connectivity index (χ4v) is 2.95. The molecule has 0 saturated carbocycles. The van der Waals surface area contributed by atoms with Gasteiger partial charge in [-0.3, -0.25) is 4.79 Å². The Kier molecular flexibility index (Phi) is 7.20. The second-order valence-electron chi connectivity index (χ2n) is 6.03. The average Bonchev–Trinajstić information content (AvgIpc) is 2.44. The molecule has 1 aromatic rings. The van der Waals surface area contributed by atoms with Crippen LogP contribution in [0.5, 0.6) is 0 Å². The average molecular weight is 311 g/mol. The first-order valence-corrected chi connectivity index (χ1v) is 7.62. The van der Waals surface area contributed by atoms with Gasteiger partial charge in [-0.1, -0.05) is 6.07 Å². The van der Waals surface area contributed by atoms with Gasteiger partial charge in [0.25, 0.3) is 0 Å². The minimum atomic E-state index is 0. The predicted molar refractivity (Wildman–Crippen MR) is 91.4 cm³/mol. The molecule has 2 rings (SSSR count). The minimum absolute atomic E-state index is 0. The van der Waals surface area contributed by atoms with Gasteiger partial charge in [-0.15, -0.1) is 12.4 Å². The molecule has 0 aromatic heterocycles. The van der Waals surface area contributed by atoms with Crippen LogP contribution in [0.4, 0.5) is 5.69 Å². The lowest BCUT2D eigenvalue weighted by Crippen LogP contribution is -2.30.